The number of ether oxygens (including phenoxy) is 1. The molecule has 0 aliphatic rings. The predicted octanol–water partition coefficient (Wildman–Crippen LogP) is 1.05. The van der Waals surface area contributed by atoms with Crippen LogP contribution in [0.5, 0.6) is 0 Å². The van der Waals surface area contributed by atoms with Crippen LogP contribution in [0.4, 0.5) is 5.82 Å². The van der Waals surface area contributed by atoms with E-state index in [1.54, 1.807) is 18.3 Å². The van der Waals surface area contributed by atoms with Crippen LogP contribution in [0.25, 0.3) is 0 Å². The summed E-state index contributed by atoms with van der Waals surface area (Å²) in [7, 11) is 0.498. The van der Waals surface area contributed by atoms with Gasteiger partial charge in [0.2, 0.25) is 0 Å². The van der Waals surface area contributed by atoms with Crippen LogP contribution in [0.15, 0.2) is 18.3 Å². The first kappa shape index (κ1) is 13.6. The molecular weight excluding hydrogens is 240 g/mol. The van der Waals surface area contributed by atoms with Crippen LogP contribution in [0.3, 0.4) is 0 Å². The van der Waals surface area contributed by atoms with Crippen molar-refractivity contribution in [1.82, 2.24) is 4.98 Å². The molecule has 1 unspecified atom stereocenters. The molecule has 0 amide bonds. The number of anilines is 1. The van der Waals surface area contributed by atoms with Gasteiger partial charge < -0.3 is 10.1 Å². The molecule has 1 rings (SSSR count). The second kappa shape index (κ2) is 7.01. The lowest BCUT2D eigenvalue weighted by molar-refractivity contribution is 0.0601. The van der Waals surface area contributed by atoms with Gasteiger partial charge in [-0.25, -0.2) is 9.78 Å². The van der Waals surface area contributed by atoms with E-state index in [0.29, 0.717) is 29.4 Å². The molecule has 0 aliphatic carbocycles. The Kier molecular flexibility index (Phi) is 5.62. The van der Waals surface area contributed by atoms with Crippen molar-refractivity contribution in [2.45, 2.75) is 6.92 Å². The first-order valence-corrected chi connectivity index (χ1v) is 6.80. The number of pyridine rings is 1. The average Bonchev–Trinajstić information content (AvgIpc) is 2.38. The Morgan fingerprint density at radius 1 is 1.59 bits per heavy atom. The molecule has 1 aromatic rings. The van der Waals surface area contributed by atoms with E-state index in [9.17, 15) is 9.00 Å². The monoisotopic (exact) mass is 256 g/mol. The highest BCUT2D eigenvalue weighted by atomic mass is 32.2. The van der Waals surface area contributed by atoms with E-state index in [-0.39, 0.29) is 0 Å². The average molecular weight is 256 g/mol. The first-order valence-electron chi connectivity index (χ1n) is 5.31. The van der Waals surface area contributed by atoms with E-state index in [1.165, 1.54) is 7.11 Å². The third-order valence-corrected chi connectivity index (χ3v) is 3.46. The number of hydrogen-bond acceptors (Lipinski definition) is 5. The van der Waals surface area contributed by atoms with Gasteiger partial charge in [0.05, 0.1) is 7.11 Å². The highest BCUT2D eigenvalue weighted by Gasteiger charge is 2.11. The van der Waals surface area contributed by atoms with E-state index < -0.39 is 16.8 Å². The molecule has 1 aromatic heterocycles. The topological polar surface area (TPSA) is 68.3 Å². The van der Waals surface area contributed by atoms with Gasteiger partial charge in [0, 0.05) is 35.0 Å². The second-order valence-corrected chi connectivity index (χ2v) is 5.12. The Balaban J connectivity index is 2.64. The van der Waals surface area contributed by atoms with Crippen molar-refractivity contribution >= 4 is 22.6 Å². The smallest absolute Gasteiger partial charge is 0.341 e. The van der Waals surface area contributed by atoms with E-state index in [1.807, 2.05) is 6.92 Å². The molecule has 0 saturated carbocycles. The van der Waals surface area contributed by atoms with E-state index >= 15 is 0 Å². The number of nitrogens with one attached hydrogen (secondary N) is 1. The fourth-order valence-corrected chi connectivity index (χ4v) is 1.87. The number of methoxy groups -OCH3 is 1. The summed E-state index contributed by atoms with van der Waals surface area (Å²) in [6.45, 7) is 2.39. The Hall–Kier alpha value is -1.43. The van der Waals surface area contributed by atoms with Crippen LogP contribution in [0.2, 0.25) is 0 Å². The Morgan fingerprint density at radius 3 is 3.00 bits per heavy atom. The van der Waals surface area contributed by atoms with Gasteiger partial charge >= 0.3 is 5.97 Å². The van der Waals surface area contributed by atoms with Crippen LogP contribution in [0.1, 0.15) is 17.3 Å². The van der Waals surface area contributed by atoms with Gasteiger partial charge in [-0.05, 0) is 12.1 Å². The van der Waals surface area contributed by atoms with Crippen molar-refractivity contribution in [3.63, 3.8) is 0 Å². The Bertz CT molecular complexity index is 409. The lowest BCUT2D eigenvalue weighted by Gasteiger charge is -2.08. The molecule has 0 radical (unpaired) electrons. The molecule has 0 bridgehead atoms. The van der Waals surface area contributed by atoms with E-state index in [4.69, 9.17) is 0 Å². The maximum absolute atomic E-state index is 11.4. The van der Waals surface area contributed by atoms with Gasteiger partial charge in [-0.2, -0.15) is 0 Å². The van der Waals surface area contributed by atoms with Crippen LogP contribution >= 0.6 is 0 Å². The highest BCUT2D eigenvalue weighted by molar-refractivity contribution is 7.84. The third kappa shape index (κ3) is 4.14. The third-order valence-electron chi connectivity index (χ3n) is 2.16. The molecule has 0 aliphatic heterocycles. The number of aromatic nitrogens is 1. The number of nitrogens with zero attached hydrogens (tertiary/aromatic N) is 1. The number of hydrogen-bond donors (Lipinski definition) is 1. The summed E-state index contributed by atoms with van der Waals surface area (Å²) in [6.07, 6.45) is 1.59. The quantitative estimate of drug-likeness (QED) is 0.770. The van der Waals surface area contributed by atoms with Crippen molar-refractivity contribution in [3.05, 3.63) is 23.9 Å². The van der Waals surface area contributed by atoms with Gasteiger partial charge in [0.1, 0.15) is 11.4 Å². The summed E-state index contributed by atoms with van der Waals surface area (Å²) in [6, 6.07) is 3.31. The Labute approximate surface area is 103 Å². The summed E-state index contributed by atoms with van der Waals surface area (Å²) in [4.78, 5) is 15.5. The van der Waals surface area contributed by atoms with Crippen LogP contribution in [0, 0.1) is 0 Å². The molecule has 94 valence electrons. The molecule has 1 N–H and O–H groups in total. The Morgan fingerprint density at radius 2 is 2.35 bits per heavy atom. The number of carbonyl (C=O) groups is 1. The number of carbonyl (C=O) groups excluding carboxylic acids is 1. The maximum Gasteiger partial charge on any atom is 0.341 e. The highest BCUT2D eigenvalue weighted by Crippen LogP contribution is 2.11. The number of esters is 1. The summed E-state index contributed by atoms with van der Waals surface area (Å²) < 4.78 is 15.9. The fourth-order valence-electron chi connectivity index (χ4n) is 1.25. The molecule has 1 heterocycles. The molecule has 0 saturated heterocycles. The van der Waals surface area contributed by atoms with Crippen LogP contribution in [-0.4, -0.2) is 40.3 Å². The van der Waals surface area contributed by atoms with Gasteiger partial charge in [-0.3, -0.25) is 4.21 Å². The zero-order chi connectivity index (χ0) is 12.7. The second-order valence-electron chi connectivity index (χ2n) is 3.25. The minimum atomic E-state index is -0.826. The predicted molar refractivity (Wildman–Crippen MR) is 67.6 cm³/mol. The lowest BCUT2D eigenvalue weighted by atomic mass is 10.2. The lowest BCUT2D eigenvalue weighted by Crippen LogP contribution is -2.15. The van der Waals surface area contributed by atoms with Crippen molar-refractivity contribution in [1.29, 1.82) is 0 Å². The minimum absolute atomic E-state index is 0.386. The summed E-state index contributed by atoms with van der Waals surface area (Å²) in [5.41, 5.74) is 0.386. The van der Waals surface area contributed by atoms with Crippen LogP contribution < -0.4 is 5.32 Å². The van der Waals surface area contributed by atoms with Crippen molar-refractivity contribution in [2.75, 3.05) is 30.5 Å². The summed E-state index contributed by atoms with van der Waals surface area (Å²) in [5.74, 6) is 1.20. The number of rotatable bonds is 6. The molecule has 0 aromatic carbocycles. The van der Waals surface area contributed by atoms with E-state index in [0.717, 1.165) is 0 Å². The summed E-state index contributed by atoms with van der Waals surface area (Å²) in [5, 5.41) is 2.99. The van der Waals surface area contributed by atoms with Crippen molar-refractivity contribution in [3.8, 4) is 0 Å². The van der Waals surface area contributed by atoms with Crippen molar-refractivity contribution < 1.29 is 13.7 Å². The minimum Gasteiger partial charge on any atom is -0.465 e. The standard InChI is InChI=1S/C11H16N2O3S/c1-3-17(15)8-7-13-10-9(11(14)16-2)5-4-6-12-10/h4-6H,3,7-8H2,1-2H3,(H,12,13). The van der Waals surface area contributed by atoms with Gasteiger partial charge in [0.25, 0.3) is 0 Å². The zero-order valence-corrected chi connectivity index (χ0v) is 10.8. The fraction of sp³-hybridized carbons (Fsp3) is 0.455. The van der Waals surface area contributed by atoms with Gasteiger partial charge in [-0.15, -0.1) is 0 Å². The normalized spacial score (nSPS) is 11.9. The molecule has 5 nitrogen and oxygen atoms in total. The maximum atomic E-state index is 11.4. The van der Waals surface area contributed by atoms with Gasteiger partial charge in [0.15, 0.2) is 0 Å². The molecular formula is C11H16N2O3S. The largest absolute Gasteiger partial charge is 0.465 e. The first-order chi connectivity index (χ1) is 8.19. The molecule has 1 atom stereocenters. The van der Waals surface area contributed by atoms with Crippen molar-refractivity contribution in [2.24, 2.45) is 0 Å². The SMILES string of the molecule is CCS(=O)CCNc1ncccc1C(=O)OC. The van der Waals surface area contributed by atoms with Crippen LogP contribution in [-0.2, 0) is 15.5 Å². The molecule has 6 heteroatoms. The summed E-state index contributed by atoms with van der Waals surface area (Å²) >= 11 is 0. The molecule has 0 spiro atoms. The van der Waals surface area contributed by atoms with Gasteiger partial charge in [-0.1, -0.05) is 6.92 Å². The zero-order valence-electron chi connectivity index (χ0n) is 9.93. The molecule has 0 fully saturated rings. The molecule has 17 heavy (non-hydrogen) atoms. The van der Waals surface area contributed by atoms with E-state index in [2.05, 4.69) is 15.0 Å².